The third-order valence-corrected chi connectivity index (χ3v) is 5.02. The molecule has 2 heterocycles. The summed E-state index contributed by atoms with van der Waals surface area (Å²) in [5, 5.41) is 17.0. The molecule has 0 radical (unpaired) electrons. The molecule has 0 aliphatic carbocycles. The molecule has 3 aromatic rings. The molecule has 1 saturated heterocycles. The summed E-state index contributed by atoms with van der Waals surface area (Å²) < 4.78 is 1.50. The van der Waals surface area contributed by atoms with Crippen molar-refractivity contribution >= 4 is 34.9 Å². The van der Waals surface area contributed by atoms with Gasteiger partial charge in [-0.25, -0.2) is 4.68 Å². The van der Waals surface area contributed by atoms with Gasteiger partial charge in [0.2, 0.25) is 11.8 Å². The summed E-state index contributed by atoms with van der Waals surface area (Å²) in [6.45, 7) is 0.258. The first-order chi connectivity index (χ1) is 14.1. The Labute approximate surface area is 172 Å². The summed E-state index contributed by atoms with van der Waals surface area (Å²) in [7, 11) is 0. The Hall–Kier alpha value is -3.63. The van der Waals surface area contributed by atoms with E-state index in [1.54, 1.807) is 29.2 Å². The predicted octanol–water partition coefficient (Wildman–Crippen LogP) is 3.39. The first kappa shape index (κ1) is 18.7. The minimum absolute atomic E-state index is 0.0931. The average Bonchev–Trinajstić information content (AvgIpc) is 3.32. The number of nitrogens with zero attached hydrogens (tertiary/aromatic N) is 4. The Morgan fingerprint density at radius 1 is 1.14 bits per heavy atom. The molecule has 8 heteroatoms. The van der Waals surface area contributed by atoms with E-state index in [4.69, 9.17) is 11.6 Å². The number of hydrogen-bond donors (Lipinski definition) is 1. The highest BCUT2D eigenvalue weighted by Crippen LogP contribution is 2.28. The molecule has 0 spiro atoms. The number of benzene rings is 2. The van der Waals surface area contributed by atoms with Crippen LogP contribution in [0.4, 0.5) is 11.5 Å². The van der Waals surface area contributed by atoms with Crippen LogP contribution in [-0.4, -0.2) is 28.1 Å². The van der Waals surface area contributed by atoms with Gasteiger partial charge in [-0.1, -0.05) is 29.8 Å². The van der Waals surface area contributed by atoms with Crippen molar-refractivity contribution in [1.29, 1.82) is 5.26 Å². The van der Waals surface area contributed by atoms with Crippen molar-refractivity contribution in [1.82, 2.24) is 9.78 Å². The monoisotopic (exact) mass is 405 g/mol. The van der Waals surface area contributed by atoms with Crippen LogP contribution in [0.2, 0.25) is 5.02 Å². The molecular weight excluding hydrogens is 390 g/mol. The van der Waals surface area contributed by atoms with Crippen LogP contribution in [0.15, 0.2) is 60.8 Å². The normalized spacial score (nSPS) is 15.9. The number of hydrogen-bond acceptors (Lipinski definition) is 4. The van der Waals surface area contributed by atoms with Gasteiger partial charge in [0.15, 0.2) is 5.82 Å². The molecule has 1 aliphatic heterocycles. The number of anilines is 2. The second kappa shape index (κ2) is 7.78. The van der Waals surface area contributed by atoms with Gasteiger partial charge in [-0.2, -0.15) is 10.4 Å². The number of nitrogens with one attached hydrogen (secondary N) is 1. The van der Waals surface area contributed by atoms with Crippen molar-refractivity contribution in [2.45, 2.75) is 6.42 Å². The van der Waals surface area contributed by atoms with Gasteiger partial charge in [-0.3, -0.25) is 9.59 Å². The van der Waals surface area contributed by atoms with Gasteiger partial charge in [0.25, 0.3) is 0 Å². The minimum Gasteiger partial charge on any atom is -0.312 e. The van der Waals surface area contributed by atoms with Gasteiger partial charge in [-0.15, -0.1) is 0 Å². The maximum atomic E-state index is 12.9. The molecule has 1 fully saturated rings. The van der Waals surface area contributed by atoms with Gasteiger partial charge in [0, 0.05) is 23.7 Å². The van der Waals surface area contributed by atoms with E-state index < -0.39 is 5.92 Å². The molecule has 1 unspecified atom stereocenters. The van der Waals surface area contributed by atoms with Crippen LogP contribution in [0.25, 0.3) is 5.69 Å². The van der Waals surface area contributed by atoms with Crippen molar-refractivity contribution in [2.75, 3.05) is 16.8 Å². The molecule has 1 atom stereocenters. The van der Waals surface area contributed by atoms with Gasteiger partial charge in [0.1, 0.15) is 11.6 Å². The molecule has 1 aromatic heterocycles. The fourth-order valence-corrected chi connectivity index (χ4v) is 3.41. The van der Waals surface area contributed by atoms with Gasteiger partial charge < -0.3 is 10.2 Å². The lowest BCUT2D eigenvalue weighted by Crippen LogP contribution is -2.28. The predicted molar refractivity (Wildman–Crippen MR) is 109 cm³/mol. The van der Waals surface area contributed by atoms with Crippen molar-refractivity contribution < 1.29 is 9.59 Å². The summed E-state index contributed by atoms with van der Waals surface area (Å²) in [5.41, 5.74) is 1.66. The Balaban J connectivity index is 1.55. The third kappa shape index (κ3) is 3.71. The molecule has 2 aromatic carbocycles. The highest BCUT2D eigenvalue weighted by molar-refractivity contribution is 6.30. The van der Waals surface area contributed by atoms with Crippen LogP contribution in [0.1, 0.15) is 12.0 Å². The van der Waals surface area contributed by atoms with Crippen molar-refractivity contribution in [2.24, 2.45) is 5.92 Å². The van der Waals surface area contributed by atoms with Gasteiger partial charge in [0.05, 0.1) is 17.8 Å². The van der Waals surface area contributed by atoms with Crippen LogP contribution in [0.3, 0.4) is 0 Å². The number of aromatic nitrogens is 2. The van der Waals surface area contributed by atoms with E-state index in [0.29, 0.717) is 16.5 Å². The van der Waals surface area contributed by atoms with Crippen LogP contribution >= 0.6 is 11.6 Å². The fourth-order valence-electron chi connectivity index (χ4n) is 3.29. The number of para-hydroxylation sites is 1. The summed E-state index contributed by atoms with van der Waals surface area (Å²) in [5.74, 6) is -0.710. The highest BCUT2D eigenvalue weighted by atomic mass is 35.5. The number of rotatable bonds is 4. The maximum absolute atomic E-state index is 12.9. The van der Waals surface area contributed by atoms with Crippen molar-refractivity contribution in [3.8, 4) is 11.8 Å². The molecule has 2 amide bonds. The summed E-state index contributed by atoms with van der Waals surface area (Å²) in [6.07, 6.45) is 1.50. The molecule has 1 N–H and O–H groups in total. The van der Waals surface area contributed by atoms with E-state index in [2.05, 4.69) is 10.4 Å². The summed E-state index contributed by atoms with van der Waals surface area (Å²) >= 11 is 5.91. The zero-order valence-electron chi connectivity index (χ0n) is 15.2. The Morgan fingerprint density at radius 2 is 1.86 bits per heavy atom. The topological polar surface area (TPSA) is 91.0 Å². The number of nitriles is 1. The molecule has 0 bridgehead atoms. The first-order valence-corrected chi connectivity index (χ1v) is 9.35. The largest absolute Gasteiger partial charge is 0.312 e. The number of carbonyl (C=O) groups is 2. The lowest BCUT2D eigenvalue weighted by atomic mass is 10.1. The zero-order chi connectivity index (χ0) is 20.4. The minimum atomic E-state index is -0.538. The smallest absolute Gasteiger partial charge is 0.231 e. The molecule has 7 nitrogen and oxygen atoms in total. The van der Waals surface area contributed by atoms with E-state index in [9.17, 15) is 14.9 Å². The lowest BCUT2D eigenvalue weighted by Gasteiger charge is -2.17. The molecule has 1 aliphatic rings. The quantitative estimate of drug-likeness (QED) is 0.720. The number of amides is 2. The standard InChI is InChI=1S/C21H16ClN5O2/c22-16-6-8-17(9-7-16)26-13-14(10-19(26)28)21(29)25-20-15(11-23)12-24-27(20)18-4-2-1-3-5-18/h1-9,12,14H,10,13H2,(H,25,29). The zero-order valence-corrected chi connectivity index (χ0v) is 16.0. The van der Waals surface area contributed by atoms with E-state index in [1.165, 1.54) is 10.9 Å². The number of carbonyl (C=O) groups excluding carboxylic acids is 2. The van der Waals surface area contributed by atoms with Crippen molar-refractivity contribution in [3.63, 3.8) is 0 Å². The molecule has 4 rings (SSSR count). The number of halogens is 1. The molecule has 0 saturated carbocycles. The summed E-state index contributed by atoms with van der Waals surface area (Å²) in [6, 6.07) is 18.1. The SMILES string of the molecule is N#Cc1cnn(-c2ccccc2)c1NC(=O)C1CC(=O)N(c2ccc(Cl)cc2)C1. The molecular formula is C21H16ClN5O2. The summed E-state index contributed by atoms with van der Waals surface area (Å²) in [4.78, 5) is 26.9. The average molecular weight is 406 g/mol. The van der Waals surface area contributed by atoms with E-state index in [-0.39, 0.29) is 30.3 Å². The maximum Gasteiger partial charge on any atom is 0.231 e. The van der Waals surface area contributed by atoms with E-state index in [0.717, 1.165) is 5.69 Å². The van der Waals surface area contributed by atoms with E-state index in [1.807, 2.05) is 36.4 Å². The third-order valence-electron chi connectivity index (χ3n) is 4.77. The van der Waals surface area contributed by atoms with Crippen LogP contribution in [0, 0.1) is 17.2 Å². The highest BCUT2D eigenvalue weighted by Gasteiger charge is 2.35. The fraction of sp³-hybridized carbons (Fsp3) is 0.143. The van der Waals surface area contributed by atoms with Gasteiger partial charge >= 0.3 is 0 Å². The van der Waals surface area contributed by atoms with E-state index >= 15 is 0 Å². The first-order valence-electron chi connectivity index (χ1n) is 8.97. The molecule has 29 heavy (non-hydrogen) atoms. The second-order valence-corrected chi connectivity index (χ2v) is 7.07. The van der Waals surface area contributed by atoms with Crippen LogP contribution in [-0.2, 0) is 9.59 Å². The van der Waals surface area contributed by atoms with Crippen LogP contribution < -0.4 is 10.2 Å². The second-order valence-electron chi connectivity index (χ2n) is 6.64. The Morgan fingerprint density at radius 3 is 2.55 bits per heavy atom. The molecule has 144 valence electrons. The lowest BCUT2D eigenvalue weighted by molar-refractivity contribution is -0.122. The Kier molecular flexibility index (Phi) is 5.02. The van der Waals surface area contributed by atoms with Crippen molar-refractivity contribution in [3.05, 3.63) is 71.4 Å². The van der Waals surface area contributed by atoms with Gasteiger partial charge in [-0.05, 0) is 36.4 Å². The van der Waals surface area contributed by atoms with Crippen LogP contribution in [0.5, 0.6) is 0 Å². The Bertz CT molecular complexity index is 1100.